The van der Waals surface area contributed by atoms with Crippen molar-refractivity contribution in [2.45, 2.75) is 18.0 Å². The summed E-state index contributed by atoms with van der Waals surface area (Å²) in [6.07, 6.45) is 0. The van der Waals surface area contributed by atoms with Gasteiger partial charge in [0.2, 0.25) is 0 Å². The molecule has 1 aliphatic rings. The summed E-state index contributed by atoms with van der Waals surface area (Å²) < 4.78 is 24.6. The normalized spacial score (nSPS) is 19.6. The second-order valence-electron chi connectivity index (χ2n) is 5.56. The Morgan fingerprint density at radius 2 is 2.12 bits per heavy atom. The number of rotatable bonds is 6. The maximum absolute atomic E-state index is 13.7. The van der Waals surface area contributed by atoms with E-state index in [0.717, 1.165) is 11.1 Å². The van der Waals surface area contributed by atoms with Gasteiger partial charge in [-0.25, -0.2) is 4.39 Å². The Bertz CT molecular complexity index is 770. The van der Waals surface area contributed by atoms with Gasteiger partial charge in [-0.15, -0.1) is 11.8 Å². The summed E-state index contributed by atoms with van der Waals surface area (Å²) in [5, 5.41) is 12.1. The van der Waals surface area contributed by atoms with Gasteiger partial charge in [0.05, 0.1) is 12.5 Å². The van der Waals surface area contributed by atoms with Crippen molar-refractivity contribution in [2.75, 3.05) is 12.9 Å². The van der Waals surface area contributed by atoms with Crippen LogP contribution in [0.3, 0.4) is 0 Å². The molecule has 132 valence electrons. The Balaban J connectivity index is 1.76. The molecular weight excluding hydrogens is 345 g/mol. The van der Waals surface area contributed by atoms with Crippen LogP contribution in [0.15, 0.2) is 42.5 Å². The van der Waals surface area contributed by atoms with Crippen molar-refractivity contribution >= 4 is 17.7 Å². The summed E-state index contributed by atoms with van der Waals surface area (Å²) in [6.45, 7) is 0.150. The van der Waals surface area contributed by atoms with E-state index in [0.29, 0.717) is 11.5 Å². The summed E-state index contributed by atoms with van der Waals surface area (Å²) in [5.41, 5.74) is 1.70. The number of hydrogen-bond acceptors (Lipinski definition) is 5. The number of halogens is 1. The van der Waals surface area contributed by atoms with Crippen molar-refractivity contribution in [3.8, 4) is 11.5 Å². The molecule has 3 rings (SSSR count). The number of thioether (sulfide) groups is 1. The lowest BCUT2D eigenvalue weighted by atomic mass is 10.1. The van der Waals surface area contributed by atoms with E-state index in [2.05, 4.69) is 5.32 Å². The van der Waals surface area contributed by atoms with E-state index in [1.807, 2.05) is 18.2 Å². The Hall–Kier alpha value is -2.25. The third-order valence-electron chi connectivity index (χ3n) is 3.91. The minimum atomic E-state index is -0.855. The molecule has 0 radical (unpaired) electrons. The highest BCUT2D eigenvalue weighted by Gasteiger charge is 2.30. The van der Waals surface area contributed by atoms with Crippen molar-refractivity contribution in [3.63, 3.8) is 0 Å². The largest absolute Gasteiger partial charge is 0.496 e. The highest BCUT2D eigenvalue weighted by Crippen LogP contribution is 2.35. The van der Waals surface area contributed by atoms with Crippen LogP contribution in [0, 0.1) is 5.82 Å². The first-order chi connectivity index (χ1) is 12.1. The number of carboxylic acids is 1. The number of carboxylic acid groups (broad SMARTS) is 1. The zero-order valence-corrected chi connectivity index (χ0v) is 14.4. The topological polar surface area (TPSA) is 67.8 Å². The van der Waals surface area contributed by atoms with Crippen molar-refractivity contribution in [1.29, 1.82) is 0 Å². The molecule has 2 aromatic rings. The van der Waals surface area contributed by atoms with Crippen molar-refractivity contribution in [1.82, 2.24) is 5.32 Å². The molecule has 2 atom stereocenters. The molecule has 0 unspecified atom stereocenters. The molecule has 0 saturated carbocycles. The monoisotopic (exact) mass is 363 g/mol. The number of aliphatic carboxylic acids is 1. The molecule has 0 aromatic heterocycles. The zero-order valence-electron chi connectivity index (χ0n) is 13.6. The predicted molar refractivity (Wildman–Crippen MR) is 93.5 cm³/mol. The number of para-hydroxylation sites is 1. The lowest BCUT2D eigenvalue weighted by molar-refractivity contribution is -0.138. The fourth-order valence-electron chi connectivity index (χ4n) is 2.60. The van der Waals surface area contributed by atoms with E-state index in [4.69, 9.17) is 14.6 Å². The average Bonchev–Trinajstić information content (AvgIpc) is 3.11. The Labute approximate surface area is 149 Å². The SMILES string of the molecule is COc1ccc([C@@H]2N[C@@H](C(=O)O)CS2)cc1COc1ccccc1F. The standard InChI is InChI=1S/C18H18FNO4S/c1-23-15-7-6-11(17-20-14(10-25-17)18(21)22)8-12(15)9-24-16-5-3-2-4-13(16)19/h2-8,14,17,20H,9-10H2,1H3,(H,21,22)/t14-,17-/m1/s1. The van der Waals surface area contributed by atoms with Crippen LogP contribution in [-0.4, -0.2) is 30.0 Å². The second kappa shape index (κ2) is 7.76. The summed E-state index contributed by atoms with van der Waals surface area (Å²) in [7, 11) is 1.56. The molecule has 25 heavy (non-hydrogen) atoms. The van der Waals surface area contributed by atoms with Crippen LogP contribution < -0.4 is 14.8 Å². The van der Waals surface area contributed by atoms with Gasteiger partial charge in [-0.05, 0) is 29.8 Å². The Morgan fingerprint density at radius 3 is 2.80 bits per heavy atom. The first-order valence-corrected chi connectivity index (χ1v) is 8.78. The van der Waals surface area contributed by atoms with Crippen LogP contribution in [0.4, 0.5) is 4.39 Å². The predicted octanol–water partition coefficient (Wildman–Crippen LogP) is 3.20. The highest BCUT2D eigenvalue weighted by molar-refractivity contribution is 7.99. The molecule has 0 amide bonds. The number of methoxy groups -OCH3 is 1. The van der Waals surface area contributed by atoms with E-state index in [1.54, 1.807) is 25.3 Å². The van der Waals surface area contributed by atoms with Gasteiger partial charge in [-0.3, -0.25) is 10.1 Å². The van der Waals surface area contributed by atoms with Crippen LogP contribution >= 0.6 is 11.8 Å². The lowest BCUT2D eigenvalue weighted by Gasteiger charge is -2.16. The molecule has 0 spiro atoms. The van der Waals surface area contributed by atoms with Crippen LogP contribution in [0.1, 0.15) is 16.5 Å². The first-order valence-electron chi connectivity index (χ1n) is 7.73. The molecule has 1 heterocycles. The number of benzene rings is 2. The molecule has 2 aromatic carbocycles. The number of hydrogen-bond donors (Lipinski definition) is 2. The fraction of sp³-hybridized carbons (Fsp3) is 0.278. The quantitative estimate of drug-likeness (QED) is 0.822. The molecule has 0 aliphatic carbocycles. The van der Waals surface area contributed by atoms with Gasteiger partial charge in [-0.2, -0.15) is 0 Å². The molecule has 7 heteroatoms. The van der Waals surface area contributed by atoms with Gasteiger partial charge in [-0.1, -0.05) is 18.2 Å². The second-order valence-corrected chi connectivity index (χ2v) is 6.70. The van der Waals surface area contributed by atoms with E-state index in [9.17, 15) is 9.18 Å². The third kappa shape index (κ3) is 4.05. The smallest absolute Gasteiger partial charge is 0.321 e. The minimum absolute atomic E-state index is 0.112. The number of ether oxygens (including phenoxy) is 2. The molecule has 0 bridgehead atoms. The van der Waals surface area contributed by atoms with Gasteiger partial charge in [0, 0.05) is 11.3 Å². The lowest BCUT2D eigenvalue weighted by Crippen LogP contribution is -2.33. The first kappa shape index (κ1) is 17.6. The third-order valence-corrected chi connectivity index (χ3v) is 5.17. The summed E-state index contributed by atoms with van der Waals surface area (Å²) in [5.74, 6) is 0.0429. The van der Waals surface area contributed by atoms with Gasteiger partial charge in [0.15, 0.2) is 11.6 Å². The van der Waals surface area contributed by atoms with Crippen LogP contribution in [-0.2, 0) is 11.4 Å². The zero-order chi connectivity index (χ0) is 17.8. The van der Waals surface area contributed by atoms with Gasteiger partial charge >= 0.3 is 5.97 Å². The van der Waals surface area contributed by atoms with Crippen molar-refractivity contribution in [2.24, 2.45) is 0 Å². The number of carbonyl (C=O) groups is 1. The Kier molecular flexibility index (Phi) is 5.45. The molecule has 5 nitrogen and oxygen atoms in total. The summed E-state index contributed by atoms with van der Waals surface area (Å²) >= 11 is 1.54. The van der Waals surface area contributed by atoms with E-state index in [-0.39, 0.29) is 17.7 Å². The van der Waals surface area contributed by atoms with E-state index in [1.165, 1.54) is 17.8 Å². The maximum atomic E-state index is 13.7. The van der Waals surface area contributed by atoms with Crippen molar-refractivity contribution in [3.05, 3.63) is 59.4 Å². The highest BCUT2D eigenvalue weighted by atomic mass is 32.2. The van der Waals surface area contributed by atoms with Gasteiger partial charge < -0.3 is 14.6 Å². The number of nitrogens with one attached hydrogen (secondary N) is 1. The molecule has 2 N–H and O–H groups in total. The van der Waals surface area contributed by atoms with Gasteiger partial charge in [0.25, 0.3) is 0 Å². The summed E-state index contributed by atoms with van der Waals surface area (Å²) in [4.78, 5) is 11.1. The molecular formula is C18H18FNO4S. The van der Waals surface area contributed by atoms with E-state index >= 15 is 0 Å². The average molecular weight is 363 g/mol. The molecule has 1 saturated heterocycles. The Morgan fingerprint density at radius 1 is 1.32 bits per heavy atom. The summed E-state index contributed by atoms with van der Waals surface area (Å²) in [6, 6.07) is 11.3. The van der Waals surface area contributed by atoms with Crippen molar-refractivity contribution < 1.29 is 23.8 Å². The molecule has 1 fully saturated rings. The van der Waals surface area contributed by atoms with Crippen LogP contribution in [0.5, 0.6) is 11.5 Å². The van der Waals surface area contributed by atoms with Crippen LogP contribution in [0.25, 0.3) is 0 Å². The van der Waals surface area contributed by atoms with Crippen LogP contribution in [0.2, 0.25) is 0 Å². The molecule has 1 aliphatic heterocycles. The fourth-order valence-corrected chi connectivity index (χ4v) is 3.82. The minimum Gasteiger partial charge on any atom is -0.496 e. The van der Waals surface area contributed by atoms with Gasteiger partial charge in [0.1, 0.15) is 18.4 Å². The van der Waals surface area contributed by atoms with E-state index < -0.39 is 17.8 Å². The maximum Gasteiger partial charge on any atom is 0.321 e.